The molecule has 0 spiro atoms. The van der Waals surface area contributed by atoms with Crippen LogP contribution in [-0.2, 0) is 6.54 Å². The largest absolute Gasteiger partial charge is 0.477 e. The average molecular weight is 347 g/mol. The van der Waals surface area contributed by atoms with Crippen molar-refractivity contribution in [1.82, 2.24) is 0 Å². The highest BCUT2D eigenvalue weighted by Crippen LogP contribution is 2.26. The Kier molecular flexibility index (Phi) is 4.27. The summed E-state index contributed by atoms with van der Waals surface area (Å²) < 4.78 is 0.830. The number of hydrogen-bond acceptors (Lipinski definition) is 3. The Morgan fingerprint density at radius 3 is 2.89 bits per heavy atom. The lowest BCUT2D eigenvalue weighted by Gasteiger charge is -2.07. The molecule has 0 bridgehead atoms. The maximum Gasteiger partial charge on any atom is 0.346 e. The summed E-state index contributed by atoms with van der Waals surface area (Å²) >= 11 is 10.5. The van der Waals surface area contributed by atoms with Crippen molar-refractivity contribution < 1.29 is 9.90 Å². The van der Waals surface area contributed by atoms with Crippen molar-refractivity contribution in [3.8, 4) is 0 Å². The van der Waals surface area contributed by atoms with Crippen LogP contribution < -0.4 is 5.32 Å². The molecule has 18 heavy (non-hydrogen) atoms. The second-order valence-corrected chi connectivity index (χ2v) is 5.74. The van der Waals surface area contributed by atoms with E-state index >= 15 is 0 Å². The predicted molar refractivity (Wildman–Crippen MR) is 77.8 cm³/mol. The fourth-order valence-corrected chi connectivity index (χ4v) is 2.65. The number of halogens is 2. The van der Waals surface area contributed by atoms with E-state index in [9.17, 15) is 4.79 Å². The summed E-state index contributed by atoms with van der Waals surface area (Å²) in [5, 5.41) is 14.5. The predicted octanol–water partition coefficient (Wildman–Crippen LogP) is 4.47. The number of aromatic carboxylic acids is 1. The molecule has 0 saturated heterocycles. The van der Waals surface area contributed by atoms with Gasteiger partial charge in [0.25, 0.3) is 0 Å². The van der Waals surface area contributed by atoms with Crippen molar-refractivity contribution in [2.45, 2.75) is 6.54 Å². The van der Waals surface area contributed by atoms with E-state index in [2.05, 4.69) is 21.2 Å². The van der Waals surface area contributed by atoms with E-state index in [4.69, 9.17) is 16.7 Å². The third-order valence-electron chi connectivity index (χ3n) is 2.34. The number of anilines is 1. The fraction of sp³-hybridized carbons (Fsp3) is 0.0833. The lowest BCUT2D eigenvalue weighted by atomic mass is 10.2. The molecule has 0 aliphatic carbocycles. The average Bonchev–Trinajstić information content (AvgIpc) is 2.79. The Balaban J connectivity index is 2.09. The summed E-state index contributed by atoms with van der Waals surface area (Å²) in [4.78, 5) is 11.3. The lowest BCUT2D eigenvalue weighted by molar-refractivity contribution is 0.0701. The highest BCUT2D eigenvalue weighted by atomic mass is 79.9. The topological polar surface area (TPSA) is 49.3 Å². The van der Waals surface area contributed by atoms with E-state index < -0.39 is 5.97 Å². The van der Waals surface area contributed by atoms with Crippen molar-refractivity contribution in [3.05, 3.63) is 49.6 Å². The van der Waals surface area contributed by atoms with Crippen molar-refractivity contribution in [2.24, 2.45) is 0 Å². The van der Waals surface area contributed by atoms with Crippen LogP contribution in [0, 0.1) is 0 Å². The molecule has 1 heterocycles. The number of carboxylic acid groups (broad SMARTS) is 1. The quantitative estimate of drug-likeness (QED) is 0.858. The summed E-state index contributed by atoms with van der Waals surface area (Å²) in [6, 6.07) is 7.32. The molecule has 2 aromatic rings. The third-order valence-corrected chi connectivity index (χ3v) is 4.52. The van der Waals surface area contributed by atoms with E-state index in [0.29, 0.717) is 16.4 Å². The SMILES string of the molecule is O=C(O)c1sccc1CNc1ccc(Br)c(Cl)c1. The van der Waals surface area contributed by atoms with Crippen LogP contribution in [0.4, 0.5) is 5.69 Å². The standard InChI is InChI=1S/C12H9BrClNO2S/c13-9-2-1-8(5-10(9)14)15-6-7-3-4-18-11(7)12(16)17/h1-5,15H,6H2,(H,16,17). The molecule has 0 saturated carbocycles. The minimum atomic E-state index is -0.893. The smallest absolute Gasteiger partial charge is 0.346 e. The number of carboxylic acids is 1. The normalized spacial score (nSPS) is 10.3. The molecule has 0 fully saturated rings. The summed E-state index contributed by atoms with van der Waals surface area (Å²) in [5.41, 5.74) is 1.62. The highest BCUT2D eigenvalue weighted by molar-refractivity contribution is 9.10. The van der Waals surface area contributed by atoms with Gasteiger partial charge in [-0.15, -0.1) is 11.3 Å². The number of nitrogens with one attached hydrogen (secondary N) is 1. The first-order chi connectivity index (χ1) is 8.58. The molecule has 0 aliphatic rings. The van der Waals surface area contributed by atoms with Gasteiger partial charge >= 0.3 is 5.97 Å². The van der Waals surface area contributed by atoms with Crippen LogP contribution in [0.25, 0.3) is 0 Å². The Morgan fingerprint density at radius 2 is 2.22 bits per heavy atom. The van der Waals surface area contributed by atoms with Gasteiger partial charge in [0.15, 0.2) is 0 Å². The monoisotopic (exact) mass is 345 g/mol. The van der Waals surface area contributed by atoms with Gasteiger partial charge in [-0.3, -0.25) is 0 Å². The van der Waals surface area contributed by atoms with Crippen molar-refractivity contribution in [3.63, 3.8) is 0 Å². The molecule has 3 nitrogen and oxygen atoms in total. The molecule has 2 rings (SSSR count). The van der Waals surface area contributed by atoms with Crippen LogP contribution >= 0.6 is 38.9 Å². The number of carbonyl (C=O) groups is 1. The summed E-state index contributed by atoms with van der Waals surface area (Å²) in [5.74, 6) is -0.893. The van der Waals surface area contributed by atoms with Crippen LogP contribution in [0.3, 0.4) is 0 Å². The van der Waals surface area contributed by atoms with Gasteiger partial charge in [0.05, 0.1) is 5.02 Å². The molecule has 0 radical (unpaired) electrons. The van der Waals surface area contributed by atoms with Crippen LogP contribution in [0.2, 0.25) is 5.02 Å². The number of benzene rings is 1. The molecule has 0 amide bonds. The van der Waals surface area contributed by atoms with Gasteiger partial charge in [0.2, 0.25) is 0 Å². The minimum Gasteiger partial charge on any atom is -0.477 e. The Bertz CT molecular complexity index is 585. The first kappa shape index (κ1) is 13.4. The first-order valence-corrected chi connectivity index (χ1v) is 7.11. The molecule has 6 heteroatoms. The van der Waals surface area contributed by atoms with Crippen molar-refractivity contribution in [2.75, 3.05) is 5.32 Å². The summed E-state index contributed by atoms with van der Waals surface area (Å²) in [7, 11) is 0. The molecular formula is C12H9BrClNO2S. The van der Waals surface area contributed by atoms with Crippen LogP contribution in [-0.4, -0.2) is 11.1 Å². The summed E-state index contributed by atoms with van der Waals surface area (Å²) in [6.07, 6.45) is 0. The van der Waals surface area contributed by atoms with Gasteiger partial charge in [0, 0.05) is 16.7 Å². The zero-order chi connectivity index (χ0) is 13.1. The van der Waals surface area contributed by atoms with Crippen molar-refractivity contribution >= 4 is 50.5 Å². The van der Waals surface area contributed by atoms with Crippen LogP contribution in [0.15, 0.2) is 34.1 Å². The molecule has 94 valence electrons. The number of thiophene rings is 1. The zero-order valence-electron chi connectivity index (χ0n) is 9.11. The Hall–Kier alpha value is -1.04. The van der Waals surface area contributed by atoms with Gasteiger partial charge in [-0.1, -0.05) is 11.6 Å². The highest BCUT2D eigenvalue weighted by Gasteiger charge is 2.11. The molecule has 0 unspecified atom stereocenters. The molecule has 1 aromatic heterocycles. The van der Waals surface area contributed by atoms with Gasteiger partial charge in [-0.25, -0.2) is 4.79 Å². The van der Waals surface area contributed by atoms with Crippen LogP contribution in [0.5, 0.6) is 0 Å². The van der Waals surface area contributed by atoms with E-state index in [0.717, 1.165) is 15.7 Å². The summed E-state index contributed by atoms with van der Waals surface area (Å²) in [6.45, 7) is 0.461. The van der Waals surface area contributed by atoms with Gasteiger partial charge in [-0.2, -0.15) is 0 Å². The second kappa shape index (κ2) is 5.73. The van der Waals surface area contributed by atoms with Gasteiger partial charge < -0.3 is 10.4 Å². The Labute approximate surface area is 122 Å². The molecule has 0 aliphatic heterocycles. The van der Waals surface area contributed by atoms with E-state index in [-0.39, 0.29) is 0 Å². The molecule has 2 N–H and O–H groups in total. The minimum absolute atomic E-state index is 0.366. The number of rotatable bonds is 4. The lowest BCUT2D eigenvalue weighted by Crippen LogP contribution is -2.03. The fourth-order valence-electron chi connectivity index (χ4n) is 1.47. The first-order valence-electron chi connectivity index (χ1n) is 5.06. The maximum absolute atomic E-state index is 10.9. The van der Waals surface area contributed by atoms with Crippen LogP contribution in [0.1, 0.15) is 15.2 Å². The molecule has 0 atom stereocenters. The van der Waals surface area contributed by atoms with Gasteiger partial charge in [0.1, 0.15) is 4.88 Å². The number of hydrogen-bond donors (Lipinski definition) is 2. The third kappa shape index (κ3) is 3.04. The van der Waals surface area contributed by atoms with Crippen molar-refractivity contribution in [1.29, 1.82) is 0 Å². The molecule has 1 aromatic carbocycles. The van der Waals surface area contributed by atoms with E-state index in [1.165, 1.54) is 11.3 Å². The van der Waals surface area contributed by atoms with E-state index in [1.807, 2.05) is 18.2 Å². The van der Waals surface area contributed by atoms with E-state index in [1.54, 1.807) is 11.4 Å². The Morgan fingerprint density at radius 1 is 1.44 bits per heavy atom. The maximum atomic E-state index is 10.9. The van der Waals surface area contributed by atoms with Gasteiger partial charge in [-0.05, 0) is 51.1 Å². The zero-order valence-corrected chi connectivity index (χ0v) is 12.3. The second-order valence-electron chi connectivity index (χ2n) is 3.56. The molecular weight excluding hydrogens is 338 g/mol.